The smallest absolute Gasteiger partial charge is 0.321 e. The number of carboxylic acid groups (broad SMARTS) is 1. The van der Waals surface area contributed by atoms with Crippen molar-refractivity contribution in [3.8, 4) is 22.9 Å². The number of benzene rings is 1. The van der Waals surface area contributed by atoms with Gasteiger partial charge in [0.05, 0.1) is 24.2 Å². The van der Waals surface area contributed by atoms with Crippen molar-refractivity contribution in [1.29, 1.82) is 0 Å². The Bertz CT molecular complexity index is 1340. The average Bonchev–Trinajstić information content (AvgIpc) is 3.42. The van der Waals surface area contributed by atoms with Crippen LogP contribution in [0.4, 0.5) is 0 Å². The second-order valence-electron chi connectivity index (χ2n) is 8.37. The van der Waals surface area contributed by atoms with E-state index in [1.165, 1.54) is 0 Å². The summed E-state index contributed by atoms with van der Waals surface area (Å²) in [5.41, 5.74) is 3.10. The maximum absolute atomic E-state index is 11.5. The molecular formula is C25H26N4O5. The molecule has 5 rings (SSSR count). The van der Waals surface area contributed by atoms with Crippen molar-refractivity contribution in [3.05, 3.63) is 54.9 Å². The number of ether oxygens (including phenoxy) is 3. The number of aromatic nitrogens is 3. The topological polar surface area (TPSA) is 98.4 Å². The number of hydrogen-bond acceptors (Lipinski definition) is 7. The molecule has 4 aromatic rings. The quantitative estimate of drug-likeness (QED) is 0.399. The van der Waals surface area contributed by atoms with Crippen LogP contribution in [0.1, 0.15) is 6.42 Å². The number of para-hydroxylation sites is 1. The Labute approximate surface area is 196 Å². The van der Waals surface area contributed by atoms with E-state index in [0.717, 1.165) is 33.7 Å². The average molecular weight is 463 g/mol. The molecule has 0 radical (unpaired) electrons. The maximum atomic E-state index is 11.5. The van der Waals surface area contributed by atoms with Crippen LogP contribution in [-0.2, 0) is 9.53 Å². The molecule has 2 atom stereocenters. The summed E-state index contributed by atoms with van der Waals surface area (Å²) in [7, 11) is 3.44. The van der Waals surface area contributed by atoms with Gasteiger partial charge in [-0.05, 0) is 25.2 Å². The molecule has 3 aromatic heterocycles. The Kier molecular flexibility index (Phi) is 6.04. The molecule has 9 nitrogen and oxygen atoms in total. The van der Waals surface area contributed by atoms with Gasteiger partial charge in [0.2, 0.25) is 0 Å². The second kappa shape index (κ2) is 9.28. The zero-order valence-electron chi connectivity index (χ0n) is 19.0. The molecular weight excluding hydrogens is 436 g/mol. The van der Waals surface area contributed by atoms with Gasteiger partial charge in [-0.2, -0.15) is 0 Å². The highest BCUT2D eigenvalue weighted by molar-refractivity contribution is 5.86. The van der Waals surface area contributed by atoms with Crippen LogP contribution in [0.5, 0.6) is 11.5 Å². The fourth-order valence-corrected chi connectivity index (χ4v) is 4.35. The zero-order valence-corrected chi connectivity index (χ0v) is 19.0. The lowest BCUT2D eigenvalue weighted by Gasteiger charge is -2.15. The third kappa shape index (κ3) is 4.27. The minimum Gasteiger partial charge on any atom is -0.491 e. The first-order valence-corrected chi connectivity index (χ1v) is 11.1. The first-order chi connectivity index (χ1) is 16.5. The molecule has 1 aromatic carbocycles. The van der Waals surface area contributed by atoms with E-state index in [1.807, 2.05) is 58.0 Å². The number of nitrogens with zero attached hydrogens (tertiary/aromatic N) is 4. The first kappa shape index (κ1) is 22.1. The Balaban J connectivity index is 1.44. The number of likely N-dealkylation sites (N-methyl/N-ethyl adjacent to an activating group) is 1. The number of rotatable bonds is 8. The highest BCUT2D eigenvalue weighted by Gasteiger charge is 2.35. The van der Waals surface area contributed by atoms with Crippen molar-refractivity contribution in [3.63, 3.8) is 0 Å². The molecule has 0 bridgehead atoms. The van der Waals surface area contributed by atoms with Gasteiger partial charge in [0.1, 0.15) is 41.4 Å². The summed E-state index contributed by atoms with van der Waals surface area (Å²) < 4.78 is 18.9. The summed E-state index contributed by atoms with van der Waals surface area (Å²) in [5, 5.41) is 10.4. The van der Waals surface area contributed by atoms with Crippen molar-refractivity contribution >= 4 is 22.5 Å². The maximum Gasteiger partial charge on any atom is 0.321 e. The number of pyridine rings is 2. The first-order valence-electron chi connectivity index (χ1n) is 11.1. The number of hydrogen-bond donors (Lipinski definition) is 1. The Hall–Kier alpha value is -3.69. The van der Waals surface area contributed by atoms with Gasteiger partial charge in [-0.25, -0.2) is 9.97 Å². The summed E-state index contributed by atoms with van der Waals surface area (Å²) >= 11 is 0. The molecule has 0 amide bonds. The third-order valence-electron chi connectivity index (χ3n) is 6.08. The molecule has 9 heteroatoms. The van der Waals surface area contributed by atoms with E-state index < -0.39 is 12.0 Å². The summed E-state index contributed by atoms with van der Waals surface area (Å²) in [5.74, 6) is 0.545. The summed E-state index contributed by atoms with van der Waals surface area (Å²) in [4.78, 5) is 22.7. The lowest BCUT2D eigenvalue weighted by molar-refractivity contribution is -0.141. The molecule has 34 heavy (non-hydrogen) atoms. The van der Waals surface area contributed by atoms with Crippen LogP contribution in [0, 0.1) is 0 Å². The van der Waals surface area contributed by atoms with Crippen LogP contribution in [0.15, 0.2) is 54.9 Å². The highest BCUT2D eigenvalue weighted by atomic mass is 16.5. The number of methoxy groups -OCH3 is 1. The predicted molar refractivity (Wildman–Crippen MR) is 126 cm³/mol. The number of likely N-dealkylation sites (tertiary alicyclic amines) is 1. The number of fused-ring (bicyclic) bond motifs is 2. The van der Waals surface area contributed by atoms with Crippen molar-refractivity contribution in [2.24, 2.45) is 0 Å². The normalized spacial score (nSPS) is 18.5. The van der Waals surface area contributed by atoms with Crippen LogP contribution in [0.2, 0.25) is 0 Å². The number of carboxylic acids is 1. The molecule has 1 N–H and O–H groups in total. The molecule has 1 aliphatic rings. The third-order valence-corrected chi connectivity index (χ3v) is 6.08. The van der Waals surface area contributed by atoms with Crippen molar-refractivity contribution in [2.75, 3.05) is 33.9 Å². The van der Waals surface area contributed by atoms with E-state index >= 15 is 0 Å². The Morgan fingerprint density at radius 1 is 1.21 bits per heavy atom. The van der Waals surface area contributed by atoms with Gasteiger partial charge in [-0.15, -0.1) is 0 Å². The summed E-state index contributed by atoms with van der Waals surface area (Å²) in [6, 6.07) is 13.0. The van der Waals surface area contributed by atoms with Crippen molar-refractivity contribution < 1.29 is 24.1 Å². The highest BCUT2D eigenvalue weighted by Crippen LogP contribution is 2.31. The molecule has 1 saturated heterocycles. The van der Waals surface area contributed by atoms with Crippen LogP contribution in [0.3, 0.4) is 0 Å². The van der Waals surface area contributed by atoms with Gasteiger partial charge in [-0.1, -0.05) is 18.2 Å². The summed E-state index contributed by atoms with van der Waals surface area (Å²) in [6.07, 6.45) is 3.92. The Morgan fingerprint density at radius 2 is 2.09 bits per heavy atom. The molecule has 0 unspecified atom stereocenters. The minimum absolute atomic E-state index is 0.213. The van der Waals surface area contributed by atoms with E-state index in [4.69, 9.17) is 19.2 Å². The van der Waals surface area contributed by atoms with Crippen LogP contribution in [0.25, 0.3) is 27.9 Å². The van der Waals surface area contributed by atoms with Gasteiger partial charge in [0.25, 0.3) is 0 Å². The second-order valence-corrected chi connectivity index (χ2v) is 8.37. The largest absolute Gasteiger partial charge is 0.491 e. The minimum atomic E-state index is -0.827. The van der Waals surface area contributed by atoms with E-state index in [1.54, 1.807) is 20.4 Å². The molecule has 176 valence electrons. The fourth-order valence-electron chi connectivity index (χ4n) is 4.35. The molecule has 1 fully saturated rings. The van der Waals surface area contributed by atoms with Gasteiger partial charge < -0.3 is 19.3 Å². The van der Waals surface area contributed by atoms with Crippen molar-refractivity contribution in [2.45, 2.75) is 18.6 Å². The van der Waals surface area contributed by atoms with Crippen LogP contribution < -0.4 is 9.47 Å². The number of aliphatic carboxylic acids is 1. The lowest BCUT2D eigenvalue weighted by atomic mass is 10.1. The fraction of sp³-hybridized carbons (Fsp3) is 0.320. The molecule has 1 aliphatic heterocycles. The van der Waals surface area contributed by atoms with E-state index in [-0.39, 0.29) is 6.10 Å². The van der Waals surface area contributed by atoms with Crippen LogP contribution >= 0.6 is 0 Å². The monoisotopic (exact) mass is 462 g/mol. The predicted octanol–water partition coefficient (Wildman–Crippen LogP) is 3.11. The summed E-state index contributed by atoms with van der Waals surface area (Å²) in [6.45, 7) is 1.54. The molecule has 0 aliphatic carbocycles. The Morgan fingerprint density at radius 3 is 2.88 bits per heavy atom. The standard InChI is InChI=1S/C25H26N4O5/c1-28-15-18(12-20(28)25(30)31)34-22-5-3-4-16-6-7-19(27-24(16)22)21-14-26-23-13-17(8-9-29(21)23)33-11-10-32-2/h3-9,13-14,18,20H,10-12,15H2,1-2H3,(H,30,31)/t18-,20+/m1/s1. The molecule has 0 saturated carbocycles. The number of imidazole rings is 1. The zero-order chi connectivity index (χ0) is 23.7. The van der Waals surface area contributed by atoms with Gasteiger partial charge in [0, 0.05) is 37.7 Å². The number of carbonyl (C=O) groups is 1. The SMILES string of the molecule is COCCOc1ccn2c(-c3ccc4cccc(O[C@@H]5C[C@@H](C(=O)O)N(C)C5)c4n3)cnc2c1. The van der Waals surface area contributed by atoms with Crippen LogP contribution in [-0.4, -0.2) is 76.4 Å². The van der Waals surface area contributed by atoms with E-state index in [0.29, 0.717) is 31.9 Å². The lowest BCUT2D eigenvalue weighted by Crippen LogP contribution is -2.32. The molecule has 0 spiro atoms. The van der Waals surface area contributed by atoms with Gasteiger partial charge >= 0.3 is 5.97 Å². The van der Waals surface area contributed by atoms with E-state index in [9.17, 15) is 9.90 Å². The van der Waals surface area contributed by atoms with Gasteiger partial charge in [0.15, 0.2) is 0 Å². The van der Waals surface area contributed by atoms with Gasteiger partial charge in [-0.3, -0.25) is 14.1 Å². The van der Waals surface area contributed by atoms with Crippen molar-refractivity contribution in [1.82, 2.24) is 19.3 Å². The van der Waals surface area contributed by atoms with E-state index in [2.05, 4.69) is 4.98 Å². The molecule has 4 heterocycles.